The topological polar surface area (TPSA) is 48.0 Å². The first-order valence-electron chi connectivity index (χ1n) is 9.49. The fourth-order valence-electron chi connectivity index (χ4n) is 3.17. The largest absolute Gasteiger partial charge is 0.482 e. The van der Waals surface area contributed by atoms with Gasteiger partial charge in [-0.3, -0.25) is 4.90 Å². The second-order valence-corrected chi connectivity index (χ2v) is 6.65. The third kappa shape index (κ3) is 6.08. The SMILES string of the molecule is CCc1ccccc1OCC(=O)OCC1CN(Cc2ccccc2)CCO1. The third-order valence-electron chi connectivity index (χ3n) is 4.60. The summed E-state index contributed by atoms with van der Waals surface area (Å²) < 4.78 is 16.7. The molecule has 2 aromatic rings. The number of nitrogens with zero attached hydrogens (tertiary/aromatic N) is 1. The maximum Gasteiger partial charge on any atom is 0.344 e. The van der Waals surface area contributed by atoms with Gasteiger partial charge in [-0.1, -0.05) is 55.5 Å². The average Bonchev–Trinajstić information content (AvgIpc) is 2.72. The molecule has 3 rings (SSSR count). The van der Waals surface area contributed by atoms with Crippen molar-refractivity contribution in [3.05, 3.63) is 65.7 Å². The molecule has 0 aliphatic carbocycles. The van der Waals surface area contributed by atoms with Crippen molar-refractivity contribution in [2.45, 2.75) is 26.0 Å². The molecule has 5 heteroatoms. The number of esters is 1. The second-order valence-electron chi connectivity index (χ2n) is 6.65. The van der Waals surface area contributed by atoms with Gasteiger partial charge in [0.15, 0.2) is 6.61 Å². The third-order valence-corrected chi connectivity index (χ3v) is 4.60. The predicted octanol–water partition coefficient (Wildman–Crippen LogP) is 3.07. The van der Waals surface area contributed by atoms with Crippen molar-refractivity contribution in [3.8, 4) is 5.75 Å². The van der Waals surface area contributed by atoms with Crippen LogP contribution in [0.5, 0.6) is 5.75 Å². The molecule has 0 radical (unpaired) electrons. The van der Waals surface area contributed by atoms with E-state index in [1.54, 1.807) is 0 Å². The molecule has 0 spiro atoms. The summed E-state index contributed by atoms with van der Waals surface area (Å²) in [7, 11) is 0. The van der Waals surface area contributed by atoms with Gasteiger partial charge in [0, 0.05) is 19.6 Å². The molecule has 0 saturated carbocycles. The van der Waals surface area contributed by atoms with E-state index < -0.39 is 0 Å². The lowest BCUT2D eigenvalue weighted by molar-refractivity contribution is -0.152. The summed E-state index contributed by atoms with van der Waals surface area (Å²) in [6.07, 6.45) is 0.757. The molecule has 2 aromatic carbocycles. The highest BCUT2D eigenvalue weighted by molar-refractivity contribution is 5.71. The molecular weight excluding hydrogens is 342 g/mol. The maximum absolute atomic E-state index is 12.0. The summed E-state index contributed by atoms with van der Waals surface area (Å²) in [5.41, 5.74) is 2.36. The second kappa shape index (κ2) is 10.1. The Balaban J connectivity index is 1.40. The van der Waals surface area contributed by atoms with E-state index in [-0.39, 0.29) is 25.3 Å². The van der Waals surface area contributed by atoms with E-state index in [1.165, 1.54) is 5.56 Å². The minimum Gasteiger partial charge on any atom is -0.482 e. The van der Waals surface area contributed by atoms with Crippen molar-refractivity contribution in [3.63, 3.8) is 0 Å². The molecule has 0 N–H and O–H groups in total. The maximum atomic E-state index is 12.0. The summed E-state index contributed by atoms with van der Waals surface area (Å²) in [6.45, 7) is 5.39. The molecule has 1 fully saturated rings. The van der Waals surface area contributed by atoms with E-state index in [4.69, 9.17) is 14.2 Å². The van der Waals surface area contributed by atoms with Gasteiger partial charge in [-0.05, 0) is 23.6 Å². The zero-order chi connectivity index (χ0) is 18.9. The van der Waals surface area contributed by atoms with E-state index in [2.05, 4.69) is 24.0 Å². The lowest BCUT2D eigenvalue weighted by atomic mass is 10.1. The van der Waals surface area contributed by atoms with Gasteiger partial charge < -0.3 is 14.2 Å². The van der Waals surface area contributed by atoms with Crippen LogP contribution in [0, 0.1) is 0 Å². The van der Waals surface area contributed by atoms with E-state index in [9.17, 15) is 4.79 Å². The van der Waals surface area contributed by atoms with Gasteiger partial charge in [-0.25, -0.2) is 4.79 Å². The number of rotatable bonds is 8. The summed E-state index contributed by atoms with van der Waals surface area (Å²) in [5, 5.41) is 0. The fraction of sp³-hybridized carbons (Fsp3) is 0.409. The van der Waals surface area contributed by atoms with Crippen molar-refractivity contribution in [1.82, 2.24) is 4.90 Å². The normalized spacial score (nSPS) is 17.4. The summed E-state index contributed by atoms with van der Waals surface area (Å²) >= 11 is 0. The van der Waals surface area contributed by atoms with Crippen molar-refractivity contribution in [1.29, 1.82) is 0 Å². The fourth-order valence-corrected chi connectivity index (χ4v) is 3.17. The Bertz CT molecular complexity index is 719. The van der Waals surface area contributed by atoms with Crippen LogP contribution in [-0.4, -0.2) is 49.9 Å². The summed E-state index contributed by atoms with van der Waals surface area (Å²) in [5.74, 6) is 0.365. The number of hydrogen-bond acceptors (Lipinski definition) is 5. The van der Waals surface area contributed by atoms with Crippen LogP contribution >= 0.6 is 0 Å². The molecule has 1 aliphatic rings. The number of ether oxygens (including phenoxy) is 3. The monoisotopic (exact) mass is 369 g/mol. The van der Waals surface area contributed by atoms with Gasteiger partial charge in [0.1, 0.15) is 18.5 Å². The molecule has 144 valence electrons. The summed E-state index contributed by atoms with van der Waals surface area (Å²) in [6, 6.07) is 18.1. The molecule has 5 nitrogen and oxygen atoms in total. The summed E-state index contributed by atoms with van der Waals surface area (Å²) in [4.78, 5) is 14.3. The molecule has 1 saturated heterocycles. The lowest BCUT2D eigenvalue weighted by Crippen LogP contribution is -2.44. The lowest BCUT2D eigenvalue weighted by Gasteiger charge is -2.32. The zero-order valence-electron chi connectivity index (χ0n) is 15.8. The van der Waals surface area contributed by atoms with Crippen LogP contribution in [0.4, 0.5) is 0 Å². The Labute approximate surface area is 160 Å². The number of para-hydroxylation sites is 1. The highest BCUT2D eigenvalue weighted by Crippen LogP contribution is 2.18. The zero-order valence-corrected chi connectivity index (χ0v) is 15.8. The van der Waals surface area contributed by atoms with Crippen molar-refractivity contribution >= 4 is 5.97 Å². The number of carbonyl (C=O) groups excluding carboxylic acids is 1. The number of aryl methyl sites for hydroxylation is 1. The Morgan fingerprint density at radius 3 is 2.74 bits per heavy atom. The van der Waals surface area contributed by atoms with Crippen molar-refractivity contribution in [2.24, 2.45) is 0 Å². The van der Waals surface area contributed by atoms with Crippen LogP contribution in [0.15, 0.2) is 54.6 Å². The first kappa shape index (κ1) is 19.4. The highest BCUT2D eigenvalue weighted by atomic mass is 16.6. The van der Waals surface area contributed by atoms with Gasteiger partial charge in [-0.2, -0.15) is 0 Å². The van der Waals surface area contributed by atoms with Gasteiger partial charge in [0.05, 0.1) is 6.61 Å². The molecule has 27 heavy (non-hydrogen) atoms. The average molecular weight is 369 g/mol. The number of carbonyl (C=O) groups is 1. The van der Waals surface area contributed by atoms with Gasteiger partial charge in [-0.15, -0.1) is 0 Å². The molecule has 1 aliphatic heterocycles. The number of benzene rings is 2. The molecule has 1 heterocycles. The number of morpholine rings is 1. The number of hydrogen-bond donors (Lipinski definition) is 0. The first-order valence-corrected chi connectivity index (χ1v) is 9.49. The molecule has 0 bridgehead atoms. The van der Waals surface area contributed by atoms with Crippen LogP contribution in [0.25, 0.3) is 0 Å². The van der Waals surface area contributed by atoms with E-state index in [0.29, 0.717) is 6.61 Å². The minimum atomic E-state index is -0.371. The van der Waals surface area contributed by atoms with Gasteiger partial charge in [0.2, 0.25) is 0 Å². The quantitative estimate of drug-likeness (QED) is 0.670. The van der Waals surface area contributed by atoms with Gasteiger partial charge >= 0.3 is 5.97 Å². The Morgan fingerprint density at radius 1 is 1.15 bits per heavy atom. The Hall–Kier alpha value is -2.37. The van der Waals surface area contributed by atoms with Crippen LogP contribution in [-0.2, 0) is 27.2 Å². The molecule has 1 unspecified atom stereocenters. The first-order chi connectivity index (χ1) is 13.2. The molecular formula is C22H27NO4. The predicted molar refractivity (Wildman–Crippen MR) is 104 cm³/mol. The van der Waals surface area contributed by atoms with Crippen LogP contribution in [0.1, 0.15) is 18.1 Å². The van der Waals surface area contributed by atoms with E-state index >= 15 is 0 Å². The van der Waals surface area contributed by atoms with E-state index in [0.717, 1.165) is 37.4 Å². The van der Waals surface area contributed by atoms with Crippen LogP contribution in [0.2, 0.25) is 0 Å². The smallest absolute Gasteiger partial charge is 0.344 e. The highest BCUT2D eigenvalue weighted by Gasteiger charge is 2.22. The standard InChI is InChI=1S/C22H27NO4/c1-2-19-10-6-7-11-21(19)26-17-22(24)27-16-20-15-23(12-13-25-20)14-18-8-4-3-5-9-18/h3-11,20H,2,12-17H2,1H3. The Morgan fingerprint density at radius 2 is 1.93 bits per heavy atom. The van der Waals surface area contributed by atoms with E-state index in [1.807, 2.05) is 42.5 Å². The molecule has 0 amide bonds. The van der Waals surface area contributed by atoms with Crippen LogP contribution in [0.3, 0.4) is 0 Å². The minimum absolute atomic E-state index is 0.0859. The van der Waals surface area contributed by atoms with Crippen molar-refractivity contribution < 1.29 is 19.0 Å². The molecule has 1 atom stereocenters. The molecule has 0 aromatic heterocycles. The Kier molecular flexibility index (Phi) is 7.25. The van der Waals surface area contributed by atoms with Gasteiger partial charge in [0.25, 0.3) is 0 Å². The van der Waals surface area contributed by atoms with Crippen molar-refractivity contribution in [2.75, 3.05) is 32.9 Å². The van der Waals surface area contributed by atoms with Crippen LogP contribution < -0.4 is 4.74 Å².